The second-order valence-corrected chi connectivity index (χ2v) is 1.63. The third kappa shape index (κ3) is 2.03. The van der Waals surface area contributed by atoms with Crippen molar-refractivity contribution in [3.63, 3.8) is 0 Å². The molecule has 0 aliphatic carbocycles. The molecular weight excluding hydrogens is 137 g/mol. The van der Waals surface area contributed by atoms with Crippen LogP contribution in [0.25, 0.3) is 0 Å². The van der Waals surface area contributed by atoms with Gasteiger partial charge in [0.15, 0.2) is 0 Å². The summed E-state index contributed by atoms with van der Waals surface area (Å²) in [7, 11) is 0. The van der Waals surface area contributed by atoms with Crippen LogP contribution < -0.4 is 29.6 Å². The van der Waals surface area contributed by atoms with E-state index < -0.39 is 0 Å². The van der Waals surface area contributed by atoms with Crippen LogP contribution in [0.3, 0.4) is 0 Å². The molecule has 0 unspecified atom stereocenters. The van der Waals surface area contributed by atoms with Gasteiger partial charge >= 0.3 is 29.6 Å². The molecule has 0 aromatic heterocycles. The van der Waals surface area contributed by atoms with Crippen molar-refractivity contribution < 1.29 is 36.1 Å². The van der Waals surface area contributed by atoms with Crippen LogP contribution in [0, 0.1) is 11.3 Å². The zero-order chi connectivity index (χ0) is 6.69. The van der Waals surface area contributed by atoms with Crippen molar-refractivity contribution in [1.29, 1.82) is 5.26 Å². The molecule has 0 saturated carbocycles. The minimum atomic E-state index is 0. The summed E-state index contributed by atoms with van der Waals surface area (Å²) in [5.74, 6) is 0.0417. The normalized spacial score (nSPS) is 7.50. The van der Waals surface area contributed by atoms with Crippen molar-refractivity contribution in [2.75, 3.05) is 0 Å². The van der Waals surface area contributed by atoms with Crippen molar-refractivity contribution in [2.45, 2.75) is 0 Å². The van der Waals surface area contributed by atoms with Gasteiger partial charge in [0.25, 0.3) is 0 Å². The summed E-state index contributed by atoms with van der Waals surface area (Å²) in [6.45, 7) is 0. The summed E-state index contributed by atoms with van der Waals surface area (Å²) < 4.78 is 0. The summed E-state index contributed by atoms with van der Waals surface area (Å²) in [5.41, 5.74) is 0.317. The molecule has 0 amide bonds. The van der Waals surface area contributed by atoms with Crippen molar-refractivity contribution in [3.05, 3.63) is 29.8 Å². The molecule has 0 bridgehead atoms. The van der Waals surface area contributed by atoms with Crippen LogP contribution >= 0.6 is 0 Å². The van der Waals surface area contributed by atoms with Crippen molar-refractivity contribution in [1.82, 2.24) is 0 Å². The largest absolute Gasteiger partial charge is 1.00 e. The summed E-state index contributed by atoms with van der Waals surface area (Å²) in [5, 5.41) is 17.2. The minimum Gasteiger partial charge on any atom is -1.00 e. The first-order valence-electron chi connectivity index (χ1n) is 2.52. The third-order valence-electron chi connectivity index (χ3n) is 1.02. The minimum absolute atomic E-state index is 0. The van der Waals surface area contributed by atoms with E-state index in [0.29, 0.717) is 5.56 Å². The van der Waals surface area contributed by atoms with E-state index in [1.165, 1.54) is 6.07 Å². The Kier molecular flexibility index (Phi) is 4.13. The molecule has 10 heavy (non-hydrogen) atoms. The Morgan fingerprint density at radius 2 is 2.00 bits per heavy atom. The molecule has 2 nitrogen and oxygen atoms in total. The Hall–Kier alpha value is -0.490. The number of benzene rings is 1. The van der Waals surface area contributed by atoms with Crippen LogP contribution in [-0.2, 0) is 0 Å². The molecule has 0 atom stereocenters. The maximum absolute atomic E-state index is 8.89. The van der Waals surface area contributed by atoms with Gasteiger partial charge in [0, 0.05) is 0 Å². The fourth-order valence-corrected chi connectivity index (χ4v) is 0.568. The molecule has 1 rings (SSSR count). The molecule has 0 aliphatic rings. The van der Waals surface area contributed by atoms with Crippen LogP contribution in [0.15, 0.2) is 24.3 Å². The molecule has 0 spiro atoms. The van der Waals surface area contributed by atoms with Gasteiger partial charge in [-0.2, -0.15) is 5.26 Å². The van der Waals surface area contributed by atoms with E-state index in [0.717, 1.165) is 0 Å². The van der Waals surface area contributed by atoms with Crippen molar-refractivity contribution >= 4 is 0 Å². The fourth-order valence-electron chi connectivity index (χ4n) is 0.568. The zero-order valence-electron chi connectivity index (χ0n) is 6.70. The van der Waals surface area contributed by atoms with E-state index in [4.69, 9.17) is 10.4 Å². The molecule has 0 heterocycles. The average molecular weight is 143 g/mol. The number of rotatable bonds is 0. The van der Waals surface area contributed by atoms with Gasteiger partial charge in [-0.15, -0.1) is 0 Å². The number of para-hydroxylation sites is 1. The van der Waals surface area contributed by atoms with Gasteiger partial charge < -0.3 is 6.53 Å². The summed E-state index contributed by atoms with van der Waals surface area (Å²) in [6.07, 6.45) is 0. The van der Waals surface area contributed by atoms with E-state index in [1.807, 2.05) is 6.07 Å². The monoisotopic (exact) mass is 143 g/mol. The van der Waals surface area contributed by atoms with Gasteiger partial charge in [-0.3, -0.25) is 0 Å². The summed E-state index contributed by atoms with van der Waals surface area (Å²) in [6, 6.07) is 8.28. The first-order valence-corrected chi connectivity index (χ1v) is 2.52. The second kappa shape index (κ2) is 4.35. The maximum atomic E-state index is 8.89. The molecule has 0 fully saturated rings. The van der Waals surface area contributed by atoms with E-state index in [1.54, 1.807) is 18.2 Å². The number of phenols is 1. The van der Waals surface area contributed by atoms with Crippen LogP contribution in [0.4, 0.5) is 0 Å². The Balaban J connectivity index is 0. The molecule has 0 radical (unpaired) electrons. The number of hydrogen-bond donors (Lipinski definition) is 1. The van der Waals surface area contributed by atoms with E-state index in [2.05, 4.69) is 0 Å². The predicted molar refractivity (Wildman–Crippen MR) is 33.9 cm³/mol. The van der Waals surface area contributed by atoms with E-state index >= 15 is 0 Å². The van der Waals surface area contributed by atoms with Gasteiger partial charge in [-0.1, -0.05) is 12.1 Å². The molecule has 3 heteroatoms. The number of nitrogens with zero attached hydrogens (tertiary/aromatic N) is 1. The number of nitriles is 1. The molecule has 0 aliphatic heterocycles. The van der Waals surface area contributed by atoms with Gasteiger partial charge in [-0.05, 0) is 12.1 Å². The number of phenolic OH excluding ortho intramolecular Hbond substituents is 1. The number of aromatic hydroxyl groups is 1. The third-order valence-corrected chi connectivity index (χ3v) is 1.02. The topological polar surface area (TPSA) is 44.0 Å². The predicted octanol–water partition coefficient (Wildman–Crippen LogP) is -1.62. The van der Waals surface area contributed by atoms with Gasteiger partial charge in [0.2, 0.25) is 0 Å². The first-order chi connectivity index (χ1) is 4.34. The van der Waals surface area contributed by atoms with Gasteiger partial charge in [-0.25, -0.2) is 0 Å². The molecule has 1 N–H and O–H groups in total. The maximum Gasteiger partial charge on any atom is 1.00 e. The second-order valence-electron chi connectivity index (χ2n) is 1.63. The van der Waals surface area contributed by atoms with Gasteiger partial charge in [0.05, 0.1) is 5.56 Å². The van der Waals surface area contributed by atoms with E-state index in [9.17, 15) is 0 Å². The van der Waals surface area contributed by atoms with E-state index in [-0.39, 0.29) is 36.7 Å². The van der Waals surface area contributed by atoms with Crippen molar-refractivity contribution in [2.24, 2.45) is 0 Å². The van der Waals surface area contributed by atoms with Crippen LogP contribution in [0.1, 0.15) is 6.99 Å². The Labute approximate surface area is 82.9 Å². The SMILES string of the molecule is N#Cc1ccccc1O.[H-].[Na+]. The smallest absolute Gasteiger partial charge is 1.00 e. The number of hydrogen-bond acceptors (Lipinski definition) is 2. The van der Waals surface area contributed by atoms with Gasteiger partial charge in [0.1, 0.15) is 11.8 Å². The fraction of sp³-hybridized carbons (Fsp3) is 0. The summed E-state index contributed by atoms with van der Waals surface area (Å²) in [4.78, 5) is 0. The molecule has 46 valence electrons. The first kappa shape index (κ1) is 9.51. The molecule has 0 saturated heterocycles. The molecule has 1 aromatic rings. The van der Waals surface area contributed by atoms with Crippen LogP contribution in [0.2, 0.25) is 0 Å². The van der Waals surface area contributed by atoms with Crippen molar-refractivity contribution in [3.8, 4) is 11.8 Å². The Morgan fingerprint density at radius 1 is 1.40 bits per heavy atom. The van der Waals surface area contributed by atoms with Crippen LogP contribution in [-0.4, -0.2) is 5.11 Å². The van der Waals surface area contributed by atoms with Crippen LogP contribution in [0.5, 0.6) is 5.75 Å². The molecular formula is C7H6NNaO. The zero-order valence-corrected chi connectivity index (χ0v) is 7.70. The quantitative estimate of drug-likeness (QED) is 0.443. The molecule has 1 aromatic carbocycles. The summed E-state index contributed by atoms with van der Waals surface area (Å²) >= 11 is 0. The Bertz CT molecular complexity index is 259. The standard InChI is InChI=1S/C7H5NO.Na.H/c8-5-6-3-1-2-4-7(6)9;;/h1-4,9H;;/q;+1;-1. The Morgan fingerprint density at radius 3 is 2.40 bits per heavy atom. The average Bonchev–Trinajstić information content (AvgIpc) is 1.89.